The lowest BCUT2D eigenvalue weighted by Crippen LogP contribution is -2.54. The second-order valence-electron chi connectivity index (χ2n) is 5.39. The average Bonchev–Trinajstić information content (AvgIpc) is 2.47. The van der Waals surface area contributed by atoms with Gasteiger partial charge in [-0.1, -0.05) is 0 Å². The van der Waals surface area contributed by atoms with Gasteiger partial charge in [-0.15, -0.1) is 0 Å². The maximum Gasteiger partial charge on any atom is 0.311 e. The molecule has 0 aliphatic carbocycles. The van der Waals surface area contributed by atoms with Crippen LogP contribution in [0.15, 0.2) is 16.9 Å². The van der Waals surface area contributed by atoms with Gasteiger partial charge in [-0.2, -0.15) is 5.26 Å². The van der Waals surface area contributed by atoms with E-state index in [-0.39, 0.29) is 5.69 Å². The molecule has 1 aromatic rings. The van der Waals surface area contributed by atoms with E-state index in [2.05, 4.69) is 31.9 Å². The molecule has 0 N–H and O–H groups in total. The summed E-state index contributed by atoms with van der Waals surface area (Å²) in [5, 5.41) is 20.3. The summed E-state index contributed by atoms with van der Waals surface area (Å²) in [6.07, 6.45) is 2.83. The van der Waals surface area contributed by atoms with Crippen LogP contribution in [-0.4, -0.2) is 46.5 Å². The number of halogens is 1. The maximum absolute atomic E-state index is 11.2. The van der Waals surface area contributed by atoms with E-state index in [1.165, 1.54) is 6.20 Å². The number of anilines is 1. The first-order valence-electron chi connectivity index (χ1n) is 6.56. The molecule has 1 aliphatic heterocycles. The number of nitrogens with zero attached hydrogens (tertiary/aromatic N) is 5. The molecule has 1 aliphatic rings. The Hall–Kier alpha value is -1.72. The van der Waals surface area contributed by atoms with Gasteiger partial charge in [0.05, 0.1) is 15.5 Å². The molecule has 0 bridgehead atoms. The van der Waals surface area contributed by atoms with E-state index in [4.69, 9.17) is 0 Å². The van der Waals surface area contributed by atoms with E-state index >= 15 is 0 Å². The minimum atomic E-state index is -0.520. The Bertz CT molecular complexity index is 591. The molecule has 0 unspecified atom stereocenters. The van der Waals surface area contributed by atoms with Crippen LogP contribution in [0.5, 0.6) is 0 Å². The summed E-state index contributed by atoms with van der Waals surface area (Å²) in [6, 6.07) is 2.29. The first-order chi connectivity index (χ1) is 9.86. The number of rotatable bonds is 3. The predicted molar refractivity (Wildman–Crippen MR) is 82.1 cm³/mol. The molecule has 1 aromatic heterocycles. The molecule has 0 aromatic carbocycles. The first-order valence-corrected chi connectivity index (χ1v) is 7.35. The van der Waals surface area contributed by atoms with Gasteiger partial charge in [0.15, 0.2) is 0 Å². The van der Waals surface area contributed by atoms with E-state index in [1.807, 2.05) is 18.7 Å². The van der Waals surface area contributed by atoms with Gasteiger partial charge in [-0.3, -0.25) is 20.0 Å². The lowest BCUT2D eigenvalue weighted by molar-refractivity contribution is -0.384. The molecule has 8 heteroatoms. The van der Waals surface area contributed by atoms with Crippen LogP contribution in [-0.2, 0) is 0 Å². The van der Waals surface area contributed by atoms with Crippen LogP contribution in [0, 0.1) is 21.4 Å². The number of hydrogen-bond acceptors (Lipinski definition) is 6. The van der Waals surface area contributed by atoms with Crippen molar-refractivity contribution >= 4 is 27.3 Å². The van der Waals surface area contributed by atoms with E-state index < -0.39 is 10.5 Å². The number of pyridine rings is 1. The molecule has 0 saturated carbocycles. The second kappa shape index (κ2) is 5.95. The Morgan fingerprint density at radius 3 is 2.52 bits per heavy atom. The molecule has 7 nitrogen and oxygen atoms in total. The maximum atomic E-state index is 11.2. The molecule has 0 amide bonds. The standard InChI is InChI=1S/C13H16BrN5O2/c1-13(2,9-15)18-5-3-17(4-6-18)12-10(14)7-16-8-11(12)19(20)21/h7-8H,3-6H2,1-2H3. The number of nitriles is 1. The third kappa shape index (κ3) is 3.14. The topological polar surface area (TPSA) is 86.3 Å². The third-order valence-electron chi connectivity index (χ3n) is 3.71. The smallest absolute Gasteiger partial charge is 0.311 e. The highest BCUT2D eigenvalue weighted by Gasteiger charge is 2.32. The van der Waals surface area contributed by atoms with Gasteiger partial charge >= 0.3 is 5.69 Å². The Balaban J connectivity index is 2.21. The highest BCUT2D eigenvalue weighted by Crippen LogP contribution is 2.35. The zero-order valence-corrected chi connectivity index (χ0v) is 13.5. The summed E-state index contributed by atoms with van der Waals surface area (Å²) in [6.45, 7) is 6.41. The van der Waals surface area contributed by atoms with Gasteiger partial charge in [0, 0.05) is 32.4 Å². The van der Waals surface area contributed by atoms with Crippen molar-refractivity contribution in [2.75, 3.05) is 31.1 Å². The fraction of sp³-hybridized carbons (Fsp3) is 0.538. The quantitative estimate of drug-likeness (QED) is 0.611. The van der Waals surface area contributed by atoms with Gasteiger partial charge in [-0.05, 0) is 29.8 Å². The molecule has 0 spiro atoms. The van der Waals surface area contributed by atoms with Crippen molar-refractivity contribution in [3.05, 3.63) is 27.0 Å². The molecule has 0 atom stereocenters. The van der Waals surface area contributed by atoms with Crippen molar-refractivity contribution < 1.29 is 4.92 Å². The van der Waals surface area contributed by atoms with Gasteiger partial charge < -0.3 is 4.90 Å². The number of hydrogen-bond donors (Lipinski definition) is 0. The Morgan fingerprint density at radius 2 is 2.00 bits per heavy atom. The summed E-state index contributed by atoms with van der Waals surface area (Å²) in [5.41, 5.74) is 0.0369. The van der Waals surface area contributed by atoms with Crippen LogP contribution in [0.3, 0.4) is 0 Å². The van der Waals surface area contributed by atoms with E-state index in [0.717, 1.165) is 0 Å². The van der Waals surface area contributed by atoms with Crippen molar-refractivity contribution in [1.82, 2.24) is 9.88 Å². The van der Waals surface area contributed by atoms with E-state index in [1.54, 1.807) is 6.20 Å². The second-order valence-corrected chi connectivity index (χ2v) is 6.25. The molecule has 21 heavy (non-hydrogen) atoms. The van der Waals surface area contributed by atoms with Gasteiger partial charge in [-0.25, -0.2) is 0 Å². The first kappa shape index (κ1) is 15.7. The zero-order valence-electron chi connectivity index (χ0n) is 11.9. The van der Waals surface area contributed by atoms with Crippen LogP contribution in [0.1, 0.15) is 13.8 Å². The molecule has 1 fully saturated rings. The average molecular weight is 354 g/mol. The van der Waals surface area contributed by atoms with E-state index in [0.29, 0.717) is 36.3 Å². The van der Waals surface area contributed by atoms with Crippen LogP contribution >= 0.6 is 15.9 Å². The fourth-order valence-corrected chi connectivity index (χ4v) is 3.00. The minimum Gasteiger partial charge on any atom is -0.362 e. The zero-order chi connectivity index (χ0) is 15.6. The number of piperazine rings is 1. The van der Waals surface area contributed by atoms with Crippen LogP contribution in [0.25, 0.3) is 0 Å². The summed E-state index contributed by atoms with van der Waals surface area (Å²) in [4.78, 5) is 18.6. The van der Waals surface area contributed by atoms with Crippen molar-refractivity contribution in [2.45, 2.75) is 19.4 Å². The van der Waals surface area contributed by atoms with Crippen LogP contribution < -0.4 is 4.90 Å². The summed E-state index contributed by atoms with van der Waals surface area (Å²) < 4.78 is 0.615. The van der Waals surface area contributed by atoms with Gasteiger partial charge in [0.25, 0.3) is 0 Å². The summed E-state index contributed by atoms with van der Waals surface area (Å²) >= 11 is 3.34. The molecule has 2 rings (SSSR count). The highest BCUT2D eigenvalue weighted by atomic mass is 79.9. The molecule has 2 heterocycles. The monoisotopic (exact) mass is 353 g/mol. The Kier molecular flexibility index (Phi) is 4.44. The molecule has 112 valence electrons. The Morgan fingerprint density at radius 1 is 1.38 bits per heavy atom. The molecule has 0 radical (unpaired) electrons. The van der Waals surface area contributed by atoms with Crippen molar-refractivity contribution in [1.29, 1.82) is 5.26 Å². The lowest BCUT2D eigenvalue weighted by atomic mass is 10.0. The lowest BCUT2D eigenvalue weighted by Gasteiger charge is -2.41. The molecule has 1 saturated heterocycles. The summed E-state index contributed by atoms with van der Waals surface area (Å²) in [5.74, 6) is 0. The van der Waals surface area contributed by atoms with E-state index in [9.17, 15) is 15.4 Å². The molecular weight excluding hydrogens is 338 g/mol. The number of nitro groups is 1. The predicted octanol–water partition coefficient (Wildman–Crippen LogP) is 2.18. The minimum absolute atomic E-state index is 0.00244. The SMILES string of the molecule is CC(C)(C#N)N1CCN(c2c(Br)cncc2[N+](=O)[O-])CC1. The normalized spacial score (nSPS) is 16.6. The van der Waals surface area contributed by atoms with Crippen LogP contribution in [0.4, 0.5) is 11.4 Å². The van der Waals surface area contributed by atoms with Crippen molar-refractivity contribution in [3.8, 4) is 6.07 Å². The van der Waals surface area contributed by atoms with Gasteiger partial charge in [0.1, 0.15) is 17.4 Å². The Labute approximate surface area is 131 Å². The summed E-state index contributed by atoms with van der Waals surface area (Å²) in [7, 11) is 0. The highest BCUT2D eigenvalue weighted by molar-refractivity contribution is 9.10. The number of aromatic nitrogens is 1. The largest absolute Gasteiger partial charge is 0.362 e. The third-order valence-corrected chi connectivity index (χ3v) is 4.29. The van der Waals surface area contributed by atoms with Crippen LogP contribution in [0.2, 0.25) is 0 Å². The fourth-order valence-electron chi connectivity index (χ4n) is 2.42. The van der Waals surface area contributed by atoms with Crippen molar-refractivity contribution in [3.63, 3.8) is 0 Å². The van der Waals surface area contributed by atoms with Gasteiger partial charge in [0.2, 0.25) is 0 Å². The van der Waals surface area contributed by atoms with Crippen molar-refractivity contribution in [2.24, 2.45) is 0 Å². The molecular formula is C13H16BrN5O2.